The van der Waals surface area contributed by atoms with Crippen LogP contribution in [-0.4, -0.2) is 20.7 Å². The highest BCUT2D eigenvalue weighted by molar-refractivity contribution is 6.02. The number of benzene rings is 2. The third-order valence-corrected chi connectivity index (χ3v) is 4.09. The predicted molar refractivity (Wildman–Crippen MR) is 98.0 cm³/mol. The molecule has 0 saturated carbocycles. The molecule has 4 rings (SSSR count). The van der Waals surface area contributed by atoms with Crippen molar-refractivity contribution < 1.29 is 13.9 Å². The summed E-state index contributed by atoms with van der Waals surface area (Å²) < 4.78 is 12.0. The number of hydrogen-bond acceptors (Lipinski definition) is 6. The van der Waals surface area contributed by atoms with Crippen LogP contribution in [0.2, 0.25) is 0 Å². The van der Waals surface area contributed by atoms with Crippen molar-refractivity contribution in [1.29, 1.82) is 0 Å². The van der Waals surface area contributed by atoms with E-state index in [1.807, 2.05) is 30.3 Å². The lowest BCUT2D eigenvalue weighted by molar-refractivity contribution is 0.0432. The molecule has 2 aromatic carbocycles. The largest absolute Gasteiger partial charge is 0.451 e. The molecule has 0 fully saturated rings. The monoisotopic (exact) mass is 361 g/mol. The number of aryl methyl sites for hydroxylation is 1. The number of esters is 1. The number of oxazole rings is 1. The van der Waals surface area contributed by atoms with Crippen LogP contribution in [0.1, 0.15) is 16.4 Å². The molecule has 4 aromatic rings. The summed E-state index contributed by atoms with van der Waals surface area (Å²) in [6.45, 7) is -0.134. The SMILES string of the molecule is Cn1nc(C(=O)OCc2ncc(-c3ccccc3)o2)c2ccccc2c1=O. The van der Waals surface area contributed by atoms with E-state index in [4.69, 9.17) is 9.15 Å². The summed E-state index contributed by atoms with van der Waals surface area (Å²) in [5.74, 6) is 0.213. The average Bonchev–Trinajstić information content (AvgIpc) is 3.19. The van der Waals surface area contributed by atoms with E-state index in [1.54, 1.807) is 30.5 Å². The summed E-state index contributed by atoms with van der Waals surface area (Å²) in [4.78, 5) is 28.8. The first kappa shape index (κ1) is 16.7. The number of nitrogens with zero attached hydrogens (tertiary/aromatic N) is 3. The Morgan fingerprint density at radius 3 is 2.56 bits per heavy atom. The molecule has 0 aliphatic carbocycles. The number of rotatable bonds is 4. The standard InChI is InChI=1S/C20H15N3O4/c1-23-19(24)15-10-6-5-9-14(15)18(22-23)20(25)26-12-17-21-11-16(27-17)13-7-3-2-4-8-13/h2-11H,12H2,1H3. The van der Waals surface area contributed by atoms with Crippen LogP contribution in [0.5, 0.6) is 0 Å². The van der Waals surface area contributed by atoms with E-state index in [2.05, 4.69) is 10.1 Å². The van der Waals surface area contributed by atoms with Crippen molar-refractivity contribution in [2.75, 3.05) is 0 Å². The molecule has 0 aliphatic heterocycles. The van der Waals surface area contributed by atoms with Crippen molar-refractivity contribution >= 4 is 16.7 Å². The van der Waals surface area contributed by atoms with Crippen molar-refractivity contribution in [3.05, 3.63) is 82.7 Å². The topological polar surface area (TPSA) is 87.2 Å². The lowest BCUT2D eigenvalue weighted by Crippen LogP contribution is -2.23. The van der Waals surface area contributed by atoms with Gasteiger partial charge in [0, 0.05) is 18.0 Å². The molecule has 2 aromatic heterocycles. The highest BCUT2D eigenvalue weighted by Crippen LogP contribution is 2.20. The molecule has 2 heterocycles. The molecule has 0 spiro atoms. The van der Waals surface area contributed by atoms with Gasteiger partial charge in [0.05, 0.1) is 11.6 Å². The van der Waals surface area contributed by atoms with Crippen molar-refractivity contribution in [2.45, 2.75) is 6.61 Å². The normalized spacial score (nSPS) is 10.9. The molecule has 7 nitrogen and oxygen atoms in total. The number of fused-ring (bicyclic) bond motifs is 1. The quantitative estimate of drug-likeness (QED) is 0.519. The van der Waals surface area contributed by atoms with Crippen LogP contribution < -0.4 is 5.56 Å². The molecule has 0 bridgehead atoms. The minimum absolute atomic E-state index is 0.0718. The van der Waals surface area contributed by atoms with Gasteiger partial charge in [0.15, 0.2) is 18.1 Å². The molecule has 0 atom stereocenters. The van der Waals surface area contributed by atoms with Gasteiger partial charge in [0.2, 0.25) is 5.89 Å². The summed E-state index contributed by atoms with van der Waals surface area (Å²) in [5.41, 5.74) is 0.679. The Bertz CT molecular complexity index is 1180. The second kappa shape index (κ2) is 6.87. The highest BCUT2D eigenvalue weighted by Gasteiger charge is 2.18. The van der Waals surface area contributed by atoms with Gasteiger partial charge in [-0.1, -0.05) is 48.5 Å². The van der Waals surface area contributed by atoms with Gasteiger partial charge in [0.1, 0.15) is 0 Å². The molecule has 0 amide bonds. The van der Waals surface area contributed by atoms with Gasteiger partial charge in [-0.3, -0.25) is 4.79 Å². The second-order valence-electron chi connectivity index (χ2n) is 5.88. The van der Waals surface area contributed by atoms with E-state index in [0.717, 1.165) is 10.2 Å². The Morgan fingerprint density at radius 1 is 1.07 bits per heavy atom. The summed E-state index contributed by atoms with van der Waals surface area (Å²) in [6.07, 6.45) is 1.58. The maximum absolute atomic E-state index is 12.5. The van der Waals surface area contributed by atoms with Crippen LogP contribution >= 0.6 is 0 Å². The first-order valence-electron chi connectivity index (χ1n) is 8.27. The number of aromatic nitrogens is 3. The Kier molecular flexibility index (Phi) is 4.25. The third kappa shape index (κ3) is 3.22. The molecule has 0 aliphatic rings. The zero-order valence-electron chi connectivity index (χ0n) is 14.5. The minimum atomic E-state index is -0.652. The van der Waals surface area contributed by atoms with Crippen LogP contribution in [0.3, 0.4) is 0 Å². The van der Waals surface area contributed by atoms with E-state index in [0.29, 0.717) is 16.5 Å². The van der Waals surface area contributed by atoms with Crippen LogP contribution in [0.4, 0.5) is 0 Å². The van der Waals surface area contributed by atoms with Crippen LogP contribution in [0, 0.1) is 0 Å². The average molecular weight is 361 g/mol. The zero-order chi connectivity index (χ0) is 18.8. The third-order valence-electron chi connectivity index (χ3n) is 4.09. The molecule has 0 N–H and O–H groups in total. The molecule has 134 valence electrons. The molecular weight excluding hydrogens is 346 g/mol. The number of ether oxygens (including phenoxy) is 1. The van der Waals surface area contributed by atoms with Crippen LogP contribution in [-0.2, 0) is 18.4 Å². The fraction of sp³-hybridized carbons (Fsp3) is 0.100. The van der Waals surface area contributed by atoms with E-state index in [9.17, 15) is 9.59 Å². The van der Waals surface area contributed by atoms with Gasteiger partial charge in [-0.25, -0.2) is 14.5 Å². The highest BCUT2D eigenvalue weighted by atomic mass is 16.5. The Balaban J connectivity index is 1.56. The Hall–Kier alpha value is -3.74. The molecule has 27 heavy (non-hydrogen) atoms. The molecule has 7 heteroatoms. The van der Waals surface area contributed by atoms with Gasteiger partial charge in [-0.2, -0.15) is 5.10 Å². The maximum Gasteiger partial charge on any atom is 0.359 e. The zero-order valence-corrected chi connectivity index (χ0v) is 14.5. The molecule has 0 unspecified atom stereocenters. The summed E-state index contributed by atoms with van der Waals surface area (Å²) in [5, 5.41) is 4.90. The van der Waals surface area contributed by atoms with Gasteiger partial charge in [-0.05, 0) is 6.07 Å². The van der Waals surface area contributed by atoms with Crippen LogP contribution in [0.25, 0.3) is 22.1 Å². The van der Waals surface area contributed by atoms with Gasteiger partial charge >= 0.3 is 5.97 Å². The van der Waals surface area contributed by atoms with Crippen molar-refractivity contribution in [3.8, 4) is 11.3 Å². The molecule has 0 saturated heterocycles. The van der Waals surface area contributed by atoms with Crippen molar-refractivity contribution in [1.82, 2.24) is 14.8 Å². The number of carbonyl (C=O) groups is 1. The lowest BCUT2D eigenvalue weighted by atomic mass is 10.1. The summed E-state index contributed by atoms with van der Waals surface area (Å²) in [7, 11) is 1.49. The van der Waals surface area contributed by atoms with E-state index in [-0.39, 0.29) is 23.8 Å². The van der Waals surface area contributed by atoms with Crippen molar-refractivity contribution in [3.63, 3.8) is 0 Å². The molecule has 0 radical (unpaired) electrons. The fourth-order valence-corrected chi connectivity index (χ4v) is 2.76. The first-order valence-corrected chi connectivity index (χ1v) is 8.27. The van der Waals surface area contributed by atoms with Gasteiger partial charge < -0.3 is 9.15 Å². The smallest absolute Gasteiger partial charge is 0.359 e. The van der Waals surface area contributed by atoms with Gasteiger partial charge in [-0.15, -0.1) is 0 Å². The summed E-state index contributed by atoms with van der Waals surface area (Å²) in [6, 6.07) is 16.3. The van der Waals surface area contributed by atoms with E-state index >= 15 is 0 Å². The van der Waals surface area contributed by atoms with Gasteiger partial charge in [0.25, 0.3) is 5.56 Å². The Morgan fingerprint density at radius 2 is 1.78 bits per heavy atom. The maximum atomic E-state index is 12.5. The lowest BCUT2D eigenvalue weighted by Gasteiger charge is -2.07. The van der Waals surface area contributed by atoms with Crippen molar-refractivity contribution in [2.24, 2.45) is 7.05 Å². The van der Waals surface area contributed by atoms with E-state index < -0.39 is 5.97 Å². The number of carbonyl (C=O) groups excluding carboxylic acids is 1. The second-order valence-corrected chi connectivity index (χ2v) is 5.88. The summed E-state index contributed by atoms with van der Waals surface area (Å²) >= 11 is 0. The Labute approximate surface area is 153 Å². The van der Waals surface area contributed by atoms with E-state index in [1.165, 1.54) is 7.05 Å². The first-order chi connectivity index (χ1) is 13.1. The van der Waals surface area contributed by atoms with Crippen LogP contribution in [0.15, 0.2) is 70.0 Å². The fourth-order valence-electron chi connectivity index (χ4n) is 2.76. The number of hydrogen-bond donors (Lipinski definition) is 0. The minimum Gasteiger partial charge on any atom is -0.451 e. The molecular formula is C20H15N3O4. The predicted octanol–water partition coefficient (Wildman–Crippen LogP) is 2.95.